The monoisotopic (exact) mass is 258 g/mol. The van der Waals surface area contributed by atoms with Gasteiger partial charge in [0.1, 0.15) is 0 Å². The van der Waals surface area contributed by atoms with Crippen molar-refractivity contribution < 1.29 is 0 Å². The molecule has 2 aliphatic rings. The van der Waals surface area contributed by atoms with Crippen LogP contribution in [0.1, 0.15) is 25.7 Å². The summed E-state index contributed by atoms with van der Waals surface area (Å²) >= 11 is 3.45. The number of nitrogens with zero attached hydrogens (tertiary/aromatic N) is 1. The first-order chi connectivity index (χ1) is 6.70. The fourth-order valence-electron chi connectivity index (χ4n) is 2.81. The van der Waals surface area contributed by atoms with Gasteiger partial charge < -0.3 is 5.32 Å². The van der Waals surface area contributed by atoms with Crippen LogP contribution in [-0.4, -0.2) is 36.6 Å². The molecule has 2 rings (SSSR count). The van der Waals surface area contributed by atoms with Crippen molar-refractivity contribution in [3.8, 4) is 0 Å². The fourth-order valence-corrected chi connectivity index (χ4v) is 3.16. The predicted octanol–water partition coefficient (Wildman–Crippen LogP) is 2.11. The van der Waals surface area contributed by atoms with Gasteiger partial charge in [0.2, 0.25) is 0 Å². The zero-order valence-corrected chi connectivity index (χ0v) is 10.3. The number of nitrogens with one attached hydrogen (secondary N) is 1. The summed E-state index contributed by atoms with van der Waals surface area (Å²) in [6.07, 6.45) is 5.52. The van der Waals surface area contributed by atoms with Gasteiger partial charge in [-0.3, -0.25) is 4.90 Å². The van der Waals surface area contributed by atoms with Crippen molar-refractivity contribution in [1.82, 2.24) is 10.2 Å². The van der Waals surface area contributed by atoms with Gasteiger partial charge in [-0.25, -0.2) is 0 Å². The van der Waals surface area contributed by atoms with Crippen molar-refractivity contribution in [1.29, 1.82) is 0 Å². The lowest BCUT2D eigenvalue weighted by Crippen LogP contribution is -2.59. The third-order valence-electron chi connectivity index (χ3n) is 3.41. The number of hydrogen-bond acceptors (Lipinski definition) is 2. The molecular weight excluding hydrogens is 240 g/mol. The predicted molar refractivity (Wildman–Crippen MR) is 63.7 cm³/mol. The summed E-state index contributed by atoms with van der Waals surface area (Å²) in [6.45, 7) is 8.43. The molecule has 1 aliphatic heterocycles. The fraction of sp³-hybridized carbons (Fsp3) is 0.818. The molecule has 0 unspecified atom stereocenters. The Kier molecular flexibility index (Phi) is 3.30. The molecule has 2 fully saturated rings. The lowest BCUT2D eigenvalue weighted by molar-refractivity contribution is 0.146. The number of hydrogen-bond donors (Lipinski definition) is 1. The average Bonchev–Trinajstić information content (AvgIpc) is 2.52. The van der Waals surface area contributed by atoms with Crippen LogP contribution in [0.5, 0.6) is 0 Å². The van der Waals surface area contributed by atoms with Crippen LogP contribution in [0.25, 0.3) is 0 Å². The molecule has 1 heterocycles. The highest BCUT2D eigenvalue weighted by molar-refractivity contribution is 9.11. The quantitative estimate of drug-likeness (QED) is 0.817. The number of halogens is 1. The van der Waals surface area contributed by atoms with Gasteiger partial charge in [0.05, 0.1) is 0 Å². The van der Waals surface area contributed by atoms with Crippen molar-refractivity contribution >= 4 is 15.9 Å². The van der Waals surface area contributed by atoms with E-state index in [0.717, 1.165) is 24.1 Å². The Bertz CT molecular complexity index is 221. The largest absolute Gasteiger partial charge is 0.309 e. The molecule has 1 spiro atoms. The minimum absolute atomic E-state index is 0.445. The topological polar surface area (TPSA) is 15.3 Å². The standard InChI is InChI=1S/C11H19BrN2/c1-10(12)8-14-7-6-13-11(9-14)4-2-3-5-11/h13H,1-9H2. The van der Waals surface area contributed by atoms with Crippen LogP contribution in [0.15, 0.2) is 11.1 Å². The molecule has 0 radical (unpaired) electrons. The van der Waals surface area contributed by atoms with Crippen LogP contribution in [0.3, 0.4) is 0 Å². The van der Waals surface area contributed by atoms with E-state index in [-0.39, 0.29) is 0 Å². The molecule has 14 heavy (non-hydrogen) atoms. The molecule has 0 bridgehead atoms. The summed E-state index contributed by atoms with van der Waals surface area (Å²) < 4.78 is 1.10. The molecule has 1 aliphatic carbocycles. The van der Waals surface area contributed by atoms with Gasteiger partial charge in [0, 0.05) is 36.2 Å². The van der Waals surface area contributed by atoms with E-state index in [0.29, 0.717) is 5.54 Å². The van der Waals surface area contributed by atoms with E-state index in [2.05, 4.69) is 32.7 Å². The maximum atomic E-state index is 3.92. The average molecular weight is 259 g/mol. The maximum absolute atomic E-state index is 3.92. The SMILES string of the molecule is C=C(Br)CN1CCNC2(CCCC2)C1. The Balaban J connectivity index is 1.93. The first kappa shape index (κ1) is 10.7. The van der Waals surface area contributed by atoms with Crippen LogP contribution < -0.4 is 5.32 Å². The van der Waals surface area contributed by atoms with Crippen LogP contribution >= 0.6 is 15.9 Å². The van der Waals surface area contributed by atoms with Crippen molar-refractivity contribution in [3.63, 3.8) is 0 Å². The summed E-state index contributed by atoms with van der Waals surface area (Å²) in [5, 5.41) is 3.71. The first-order valence-electron chi connectivity index (χ1n) is 5.51. The smallest absolute Gasteiger partial charge is 0.0309 e. The molecule has 0 amide bonds. The number of rotatable bonds is 2. The summed E-state index contributed by atoms with van der Waals surface area (Å²) in [4.78, 5) is 2.51. The van der Waals surface area contributed by atoms with E-state index < -0.39 is 0 Å². The van der Waals surface area contributed by atoms with E-state index in [1.165, 1.54) is 32.2 Å². The molecule has 0 aromatic rings. The molecule has 3 heteroatoms. The third kappa shape index (κ3) is 2.38. The van der Waals surface area contributed by atoms with Crippen LogP contribution in [-0.2, 0) is 0 Å². The molecule has 0 aromatic carbocycles. The Hall–Kier alpha value is 0.140. The molecule has 80 valence electrons. The van der Waals surface area contributed by atoms with E-state index in [1.54, 1.807) is 0 Å². The molecule has 1 saturated carbocycles. The Morgan fingerprint density at radius 2 is 2.14 bits per heavy atom. The number of piperazine rings is 1. The minimum atomic E-state index is 0.445. The van der Waals surface area contributed by atoms with Crippen molar-refractivity contribution in [3.05, 3.63) is 11.1 Å². The van der Waals surface area contributed by atoms with Gasteiger partial charge in [-0.1, -0.05) is 35.4 Å². The van der Waals surface area contributed by atoms with Gasteiger partial charge in [-0.05, 0) is 12.8 Å². The van der Waals surface area contributed by atoms with Gasteiger partial charge in [-0.15, -0.1) is 0 Å². The highest BCUT2D eigenvalue weighted by Gasteiger charge is 2.37. The van der Waals surface area contributed by atoms with Crippen LogP contribution in [0, 0.1) is 0 Å². The minimum Gasteiger partial charge on any atom is -0.309 e. The highest BCUT2D eigenvalue weighted by atomic mass is 79.9. The lowest BCUT2D eigenvalue weighted by Gasteiger charge is -2.41. The second-order valence-electron chi connectivity index (χ2n) is 4.64. The molecule has 0 atom stereocenters. The molecule has 1 saturated heterocycles. The zero-order valence-electron chi connectivity index (χ0n) is 8.69. The van der Waals surface area contributed by atoms with Gasteiger partial charge in [0.25, 0.3) is 0 Å². The first-order valence-corrected chi connectivity index (χ1v) is 6.30. The zero-order chi connectivity index (χ0) is 10.0. The van der Waals surface area contributed by atoms with Crippen LogP contribution in [0.2, 0.25) is 0 Å². The van der Waals surface area contributed by atoms with Crippen molar-refractivity contribution in [2.75, 3.05) is 26.2 Å². The molecule has 1 N–H and O–H groups in total. The Morgan fingerprint density at radius 1 is 1.43 bits per heavy atom. The van der Waals surface area contributed by atoms with E-state index in [9.17, 15) is 0 Å². The summed E-state index contributed by atoms with van der Waals surface area (Å²) in [5.41, 5.74) is 0.445. The third-order valence-corrected chi connectivity index (χ3v) is 3.66. The van der Waals surface area contributed by atoms with E-state index in [4.69, 9.17) is 0 Å². The van der Waals surface area contributed by atoms with Crippen molar-refractivity contribution in [2.45, 2.75) is 31.2 Å². The second kappa shape index (κ2) is 4.33. The maximum Gasteiger partial charge on any atom is 0.0309 e. The van der Waals surface area contributed by atoms with E-state index >= 15 is 0 Å². The van der Waals surface area contributed by atoms with Gasteiger partial charge in [0.15, 0.2) is 0 Å². The highest BCUT2D eigenvalue weighted by Crippen LogP contribution is 2.32. The Morgan fingerprint density at radius 3 is 2.79 bits per heavy atom. The lowest BCUT2D eigenvalue weighted by atomic mass is 9.94. The van der Waals surface area contributed by atoms with E-state index in [1.807, 2.05) is 0 Å². The molecule has 2 nitrogen and oxygen atoms in total. The summed E-state index contributed by atoms with van der Waals surface area (Å²) in [7, 11) is 0. The molecule has 0 aromatic heterocycles. The summed E-state index contributed by atoms with van der Waals surface area (Å²) in [5.74, 6) is 0. The van der Waals surface area contributed by atoms with Crippen LogP contribution in [0.4, 0.5) is 0 Å². The van der Waals surface area contributed by atoms with Gasteiger partial charge in [-0.2, -0.15) is 0 Å². The summed E-state index contributed by atoms with van der Waals surface area (Å²) in [6, 6.07) is 0. The Labute approximate surface area is 94.9 Å². The second-order valence-corrected chi connectivity index (χ2v) is 5.76. The molecular formula is C11H19BrN2. The van der Waals surface area contributed by atoms with Gasteiger partial charge >= 0.3 is 0 Å². The normalized spacial score (nSPS) is 26.9. The van der Waals surface area contributed by atoms with Crippen molar-refractivity contribution in [2.24, 2.45) is 0 Å².